The van der Waals surface area contributed by atoms with E-state index in [2.05, 4.69) is 36.2 Å². The molecule has 4 aromatic heterocycles. The third kappa shape index (κ3) is 4.45. The zero-order valence-corrected chi connectivity index (χ0v) is 20.7. The number of rotatable bonds is 6. The Morgan fingerprint density at radius 2 is 0.946 bits per heavy atom. The van der Waals surface area contributed by atoms with E-state index in [0.717, 1.165) is 45.3 Å². The van der Waals surface area contributed by atoms with Crippen molar-refractivity contribution < 1.29 is 0 Å². The Morgan fingerprint density at radius 3 is 1.38 bits per heavy atom. The summed E-state index contributed by atoms with van der Waals surface area (Å²) in [4.78, 5) is 10.1. The Hall–Kier alpha value is -4.84. The SMILES string of the molecule is CC(C)(c1cccc(-c2cnn(-c3ccccc3)c2)n1)c1cccc(-c2cnn(-c3ccccc3)c2)n1. The van der Waals surface area contributed by atoms with Crippen molar-refractivity contribution in [3.8, 4) is 33.9 Å². The van der Waals surface area contributed by atoms with Crippen LogP contribution in [-0.4, -0.2) is 29.5 Å². The molecule has 6 aromatic rings. The largest absolute Gasteiger partial charge is 0.252 e. The number of aromatic nitrogens is 6. The summed E-state index contributed by atoms with van der Waals surface area (Å²) in [7, 11) is 0. The van der Waals surface area contributed by atoms with Crippen molar-refractivity contribution in [3.63, 3.8) is 0 Å². The first kappa shape index (κ1) is 22.6. The van der Waals surface area contributed by atoms with Crippen LogP contribution in [0.2, 0.25) is 0 Å². The van der Waals surface area contributed by atoms with E-state index in [1.165, 1.54) is 0 Å². The molecule has 0 saturated carbocycles. The standard InChI is InChI=1S/C31H26N6/c1-31(2,29-17-9-15-27(34-29)23-19-32-36(21-23)25-11-5-3-6-12-25)30-18-10-16-28(35-30)24-20-33-37(22-24)26-13-7-4-8-14-26/h3-22H,1-2H3. The number of nitrogens with zero attached hydrogens (tertiary/aromatic N) is 6. The third-order valence-electron chi connectivity index (χ3n) is 6.58. The summed E-state index contributed by atoms with van der Waals surface area (Å²) in [5.74, 6) is 0. The van der Waals surface area contributed by atoms with E-state index in [0.29, 0.717) is 0 Å². The summed E-state index contributed by atoms with van der Waals surface area (Å²) < 4.78 is 3.74. The van der Waals surface area contributed by atoms with E-state index < -0.39 is 5.41 Å². The molecule has 2 aromatic carbocycles. The second kappa shape index (κ2) is 9.32. The number of para-hydroxylation sites is 2. The normalized spacial score (nSPS) is 11.5. The van der Waals surface area contributed by atoms with Crippen LogP contribution in [0.4, 0.5) is 0 Å². The van der Waals surface area contributed by atoms with Gasteiger partial charge in [-0.25, -0.2) is 9.36 Å². The minimum atomic E-state index is -0.406. The Kier molecular flexibility index (Phi) is 5.69. The van der Waals surface area contributed by atoms with Crippen molar-refractivity contribution in [2.24, 2.45) is 0 Å². The topological polar surface area (TPSA) is 61.4 Å². The minimum Gasteiger partial charge on any atom is -0.252 e. The van der Waals surface area contributed by atoms with Gasteiger partial charge in [0.2, 0.25) is 0 Å². The van der Waals surface area contributed by atoms with Crippen LogP contribution in [0, 0.1) is 0 Å². The molecule has 0 aliphatic rings. The number of pyridine rings is 2. The summed E-state index contributed by atoms with van der Waals surface area (Å²) in [6, 6.07) is 32.4. The maximum absolute atomic E-state index is 5.03. The lowest BCUT2D eigenvalue weighted by molar-refractivity contribution is 0.597. The monoisotopic (exact) mass is 482 g/mol. The van der Waals surface area contributed by atoms with Gasteiger partial charge in [-0.15, -0.1) is 0 Å². The zero-order valence-electron chi connectivity index (χ0n) is 20.7. The van der Waals surface area contributed by atoms with Crippen molar-refractivity contribution in [2.45, 2.75) is 19.3 Å². The van der Waals surface area contributed by atoms with E-state index in [1.54, 1.807) is 0 Å². The number of benzene rings is 2. The van der Waals surface area contributed by atoms with Crippen molar-refractivity contribution in [2.75, 3.05) is 0 Å². The predicted molar refractivity (Wildman–Crippen MR) is 146 cm³/mol. The molecule has 0 aliphatic heterocycles. The highest BCUT2D eigenvalue weighted by molar-refractivity contribution is 5.60. The Balaban J connectivity index is 1.30. The fourth-order valence-electron chi connectivity index (χ4n) is 4.37. The van der Waals surface area contributed by atoms with E-state index in [1.807, 2.05) is 119 Å². The van der Waals surface area contributed by atoms with Gasteiger partial charge in [-0.2, -0.15) is 10.2 Å². The van der Waals surface area contributed by atoms with Crippen LogP contribution >= 0.6 is 0 Å². The molecule has 6 heteroatoms. The van der Waals surface area contributed by atoms with Crippen LogP contribution in [0.15, 0.2) is 122 Å². The molecule has 4 heterocycles. The molecule has 0 amide bonds. The van der Waals surface area contributed by atoms with Gasteiger partial charge in [0.05, 0.1) is 46.5 Å². The molecule has 37 heavy (non-hydrogen) atoms. The van der Waals surface area contributed by atoms with Crippen LogP contribution < -0.4 is 0 Å². The highest BCUT2D eigenvalue weighted by Gasteiger charge is 2.27. The van der Waals surface area contributed by atoms with Crippen molar-refractivity contribution in [1.29, 1.82) is 0 Å². The maximum atomic E-state index is 5.03. The van der Waals surface area contributed by atoms with Gasteiger partial charge in [-0.3, -0.25) is 9.97 Å². The summed E-state index contributed by atoms with van der Waals surface area (Å²) in [5, 5.41) is 9.08. The van der Waals surface area contributed by atoms with Gasteiger partial charge in [0.1, 0.15) is 0 Å². The quantitative estimate of drug-likeness (QED) is 0.272. The van der Waals surface area contributed by atoms with Crippen LogP contribution in [0.5, 0.6) is 0 Å². The molecular formula is C31H26N6. The summed E-state index contributed by atoms with van der Waals surface area (Å²) >= 11 is 0. The molecular weight excluding hydrogens is 456 g/mol. The first-order valence-corrected chi connectivity index (χ1v) is 12.2. The fourth-order valence-corrected chi connectivity index (χ4v) is 4.37. The number of hydrogen-bond acceptors (Lipinski definition) is 4. The minimum absolute atomic E-state index is 0.406. The van der Waals surface area contributed by atoms with Gasteiger partial charge in [0, 0.05) is 28.9 Å². The molecule has 0 fully saturated rings. The summed E-state index contributed by atoms with van der Waals surface area (Å²) in [5.41, 5.74) is 7.22. The summed E-state index contributed by atoms with van der Waals surface area (Å²) in [6.45, 7) is 4.32. The van der Waals surface area contributed by atoms with Gasteiger partial charge in [0.25, 0.3) is 0 Å². The second-order valence-electron chi connectivity index (χ2n) is 9.46. The van der Waals surface area contributed by atoms with E-state index in [9.17, 15) is 0 Å². The van der Waals surface area contributed by atoms with Gasteiger partial charge in [0.15, 0.2) is 0 Å². The molecule has 180 valence electrons. The molecule has 0 saturated heterocycles. The van der Waals surface area contributed by atoms with Crippen molar-refractivity contribution >= 4 is 0 Å². The van der Waals surface area contributed by atoms with Crippen LogP contribution in [0.1, 0.15) is 25.2 Å². The molecule has 0 N–H and O–H groups in total. The summed E-state index contributed by atoms with van der Waals surface area (Å²) in [6.07, 6.45) is 7.74. The van der Waals surface area contributed by atoms with Gasteiger partial charge < -0.3 is 0 Å². The molecule has 0 aliphatic carbocycles. The molecule has 0 spiro atoms. The van der Waals surface area contributed by atoms with Gasteiger partial charge in [-0.05, 0) is 62.4 Å². The average molecular weight is 483 g/mol. The highest BCUT2D eigenvalue weighted by Crippen LogP contribution is 2.32. The Bertz CT molecular complexity index is 1520. The fraction of sp³-hybridized carbons (Fsp3) is 0.0968. The Morgan fingerprint density at radius 1 is 0.514 bits per heavy atom. The van der Waals surface area contributed by atoms with Crippen LogP contribution in [0.25, 0.3) is 33.9 Å². The first-order valence-electron chi connectivity index (χ1n) is 12.2. The van der Waals surface area contributed by atoms with Gasteiger partial charge >= 0.3 is 0 Å². The second-order valence-corrected chi connectivity index (χ2v) is 9.46. The van der Waals surface area contributed by atoms with Crippen molar-refractivity contribution in [3.05, 3.63) is 133 Å². The number of hydrogen-bond donors (Lipinski definition) is 0. The maximum Gasteiger partial charge on any atom is 0.0737 e. The van der Waals surface area contributed by atoms with E-state index in [-0.39, 0.29) is 0 Å². The lowest BCUT2D eigenvalue weighted by atomic mass is 9.84. The van der Waals surface area contributed by atoms with Gasteiger partial charge in [-0.1, -0.05) is 48.5 Å². The molecule has 6 nitrogen and oxygen atoms in total. The smallest absolute Gasteiger partial charge is 0.0737 e. The molecule has 0 unspecified atom stereocenters. The lowest BCUT2D eigenvalue weighted by Gasteiger charge is -2.24. The Labute approximate surface area is 215 Å². The molecule has 0 atom stereocenters. The third-order valence-corrected chi connectivity index (χ3v) is 6.58. The predicted octanol–water partition coefficient (Wildman–Crippen LogP) is 6.51. The van der Waals surface area contributed by atoms with E-state index >= 15 is 0 Å². The average Bonchev–Trinajstić information content (AvgIpc) is 3.65. The lowest BCUT2D eigenvalue weighted by Crippen LogP contribution is -2.22. The molecule has 6 rings (SSSR count). The molecule has 0 bridgehead atoms. The first-order chi connectivity index (χ1) is 18.1. The van der Waals surface area contributed by atoms with Crippen molar-refractivity contribution in [1.82, 2.24) is 29.5 Å². The van der Waals surface area contributed by atoms with E-state index in [4.69, 9.17) is 9.97 Å². The zero-order chi connectivity index (χ0) is 25.2. The highest BCUT2D eigenvalue weighted by atomic mass is 15.3. The van der Waals surface area contributed by atoms with Crippen LogP contribution in [-0.2, 0) is 5.41 Å². The van der Waals surface area contributed by atoms with Crippen LogP contribution in [0.3, 0.4) is 0 Å². The molecule has 0 radical (unpaired) electrons.